The quantitative estimate of drug-likeness (QED) is 0.497. The highest BCUT2D eigenvalue weighted by Crippen LogP contribution is 2.26. The number of ether oxygens (including phenoxy) is 2. The Morgan fingerprint density at radius 3 is 2.67 bits per heavy atom. The Labute approximate surface area is 192 Å². The number of carbonyl (C=O) groups is 2. The molecule has 1 saturated heterocycles. The zero-order valence-corrected chi connectivity index (χ0v) is 18.7. The topological polar surface area (TPSA) is 102 Å². The van der Waals surface area contributed by atoms with E-state index in [1.165, 1.54) is 0 Å². The van der Waals surface area contributed by atoms with Crippen molar-refractivity contribution in [3.8, 4) is 11.5 Å². The van der Waals surface area contributed by atoms with Crippen molar-refractivity contribution < 1.29 is 28.6 Å². The molecule has 0 unspecified atom stereocenters. The molecule has 2 heterocycles. The van der Waals surface area contributed by atoms with E-state index in [1.807, 2.05) is 43.3 Å². The van der Waals surface area contributed by atoms with E-state index in [-0.39, 0.29) is 25.7 Å². The minimum absolute atomic E-state index is 0.00914. The van der Waals surface area contributed by atoms with Crippen LogP contribution in [0, 0.1) is 12.8 Å². The third-order valence-electron chi connectivity index (χ3n) is 5.91. The maximum atomic E-state index is 12.5. The molecule has 33 heavy (non-hydrogen) atoms. The molecule has 174 valence electrons. The SMILES string of the molecule is Cc1oc(-c2ccc3ccccc3c2)nc1COC(=O)N1CCC(COCCC(=O)O)CC1. The van der Waals surface area contributed by atoms with E-state index >= 15 is 0 Å². The normalized spacial score (nSPS) is 14.5. The van der Waals surface area contributed by atoms with Crippen molar-refractivity contribution in [2.24, 2.45) is 5.92 Å². The molecule has 8 nitrogen and oxygen atoms in total. The first kappa shape index (κ1) is 22.8. The van der Waals surface area contributed by atoms with Gasteiger partial charge in [-0.25, -0.2) is 9.78 Å². The second kappa shape index (κ2) is 10.5. The number of amides is 1. The summed E-state index contributed by atoms with van der Waals surface area (Å²) in [5, 5.41) is 10.9. The average Bonchev–Trinajstić information content (AvgIpc) is 3.20. The van der Waals surface area contributed by atoms with Crippen LogP contribution in [0.3, 0.4) is 0 Å². The van der Waals surface area contributed by atoms with Crippen LogP contribution in [0.4, 0.5) is 4.79 Å². The Morgan fingerprint density at radius 2 is 1.91 bits per heavy atom. The zero-order chi connectivity index (χ0) is 23.2. The molecule has 3 aromatic rings. The molecule has 1 N–H and O–H groups in total. The predicted molar refractivity (Wildman–Crippen MR) is 122 cm³/mol. The van der Waals surface area contributed by atoms with Gasteiger partial charge in [-0.15, -0.1) is 0 Å². The van der Waals surface area contributed by atoms with Crippen molar-refractivity contribution in [3.05, 3.63) is 53.9 Å². The summed E-state index contributed by atoms with van der Waals surface area (Å²) in [7, 11) is 0. The molecule has 1 aliphatic heterocycles. The third kappa shape index (κ3) is 5.90. The average molecular weight is 453 g/mol. The van der Waals surface area contributed by atoms with Crippen LogP contribution in [0.15, 0.2) is 46.9 Å². The Morgan fingerprint density at radius 1 is 1.15 bits per heavy atom. The number of nitrogens with zero attached hydrogens (tertiary/aromatic N) is 2. The van der Waals surface area contributed by atoms with E-state index in [2.05, 4.69) is 11.1 Å². The van der Waals surface area contributed by atoms with Gasteiger partial charge < -0.3 is 23.9 Å². The van der Waals surface area contributed by atoms with Gasteiger partial charge >= 0.3 is 12.1 Å². The Hall–Kier alpha value is -3.39. The smallest absolute Gasteiger partial charge is 0.410 e. The fourth-order valence-corrected chi connectivity index (χ4v) is 3.92. The summed E-state index contributed by atoms with van der Waals surface area (Å²) in [5.41, 5.74) is 1.48. The Bertz CT molecular complexity index is 1120. The fraction of sp³-hybridized carbons (Fsp3) is 0.400. The summed E-state index contributed by atoms with van der Waals surface area (Å²) in [6, 6.07) is 14.1. The molecule has 1 aromatic heterocycles. The number of carboxylic acids is 1. The van der Waals surface area contributed by atoms with E-state index in [0.717, 1.165) is 29.2 Å². The number of hydrogen-bond acceptors (Lipinski definition) is 6. The van der Waals surface area contributed by atoms with Crippen molar-refractivity contribution in [2.45, 2.75) is 32.8 Å². The van der Waals surface area contributed by atoms with Crippen molar-refractivity contribution >= 4 is 22.8 Å². The summed E-state index contributed by atoms with van der Waals surface area (Å²) < 4.78 is 16.8. The summed E-state index contributed by atoms with van der Waals surface area (Å²) in [4.78, 5) is 29.3. The lowest BCUT2D eigenvalue weighted by Crippen LogP contribution is -2.39. The van der Waals surface area contributed by atoms with Gasteiger partial charge in [0.1, 0.15) is 18.1 Å². The van der Waals surface area contributed by atoms with E-state index in [4.69, 9.17) is 19.0 Å². The van der Waals surface area contributed by atoms with Crippen molar-refractivity contribution in [2.75, 3.05) is 26.3 Å². The Kier molecular flexibility index (Phi) is 7.24. The number of benzene rings is 2. The second-order valence-electron chi connectivity index (χ2n) is 8.29. The minimum atomic E-state index is -0.862. The molecular formula is C25H28N2O6. The van der Waals surface area contributed by atoms with E-state index in [1.54, 1.807) is 4.90 Å². The first-order valence-corrected chi connectivity index (χ1v) is 11.2. The molecule has 1 aliphatic rings. The fourth-order valence-electron chi connectivity index (χ4n) is 3.92. The van der Waals surface area contributed by atoms with Gasteiger partial charge in [-0.3, -0.25) is 4.79 Å². The van der Waals surface area contributed by atoms with E-state index < -0.39 is 5.97 Å². The number of aromatic nitrogens is 1. The number of piperidine rings is 1. The number of oxazole rings is 1. The number of aryl methyl sites for hydroxylation is 1. The van der Waals surface area contributed by atoms with Crippen LogP contribution in [0.25, 0.3) is 22.2 Å². The highest BCUT2D eigenvalue weighted by molar-refractivity contribution is 5.86. The number of aliphatic carboxylic acids is 1. The van der Waals surface area contributed by atoms with Gasteiger partial charge in [0.25, 0.3) is 0 Å². The molecule has 0 atom stereocenters. The molecule has 1 fully saturated rings. The standard InChI is InChI=1S/C25H28N2O6/c1-17-22(26-24(33-17)21-7-6-19-4-2-3-5-20(19)14-21)16-32-25(30)27-11-8-18(9-12-27)15-31-13-10-23(28)29/h2-7,14,18H,8-13,15-16H2,1H3,(H,28,29). The van der Waals surface area contributed by atoms with Gasteiger partial charge in [0.2, 0.25) is 5.89 Å². The van der Waals surface area contributed by atoms with Gasteiger partial charge in [-0.05, 0) is 48.6 Å². The largest absolute Gasteiger partial charge is 0.481 e. The second-order valence-corrected chi connectivity index (χ2v) is 8.29. The maximum Gasteiger partial charge on any atom is 0.410 e. The maximum absolute atomic E-state index is 12.5. The number of rotatable bonds is 8. The zero-order valence-electron chi connectivity index (χ0n) is 18.7. The first-order chi connectivity index (χ1) is 16.0. The van der Waals surface area contributed by atoms with Crippen LogP contribution in [-0.2, 0) is 20.9 Å². The van der Waals surface area contributed by atoms with Crippen LogP contribution >= 0.6 is 0 Å². The molecule has 0 saturated carbocycles. The molecular weight excluding hydrogens is 424 g/mol. The van der Waals surface area contributed by atoms with Crippen molar-refractivity contribution in [1.82, 2.24) is 9.88 Å². The van der Waals surface area contributed by atoms with Gasteiger partial charge in [0.05, 0.1) is 13.0 Å². The predicted octanol–water partition coefficient (Wildman–Crippen LogP) is 4.64. The minimum Gasteiger partial charge on any atom is -0.481 e. The van der Waals surface area contributed by atoms with Gasteiger partial charge in [-0.1, -0.05) is 30.3 Å². The summed E-state index contributed by atoms with van der Waals surface area (Å²) in [6.45, 7) is 3.79. The van der Waals surface area contributed by atoms with Crippen molar-refractivity contribution in [3.63, 3.8) is 0 Å². The summed E-state index contributed by atoms with van der Waals surface area (Å²) in [5.74, 6) is 0.598. The van der Waals surface area contributed by atoms with Crippen molar-refractivity contribution in [1.29, 1.82) is 0 Å². The van der Waals surface area contributed by atoms with Crippen LogP contribution in [0.5, 0.6) is 0 Å². The van der Waals surface area contributed by atoms with Crippen LogP contribution < -0.4 is 0 Å². The number of hydrogen-bond donors (Lipinski definition) is 1. The molecule has 0 spiro atoms. The van der Waals surface area contributed by atoms with Gasteiger partial charge in [0.15, 0.2) is 0 Å². The number of carboxylic acid groups (broad SMARTS) is 1. The summed E-state index contributed by atoms with van der Waals surface area (Å²) >= 11 is 0. The number of carbonyl (C=O) groups excluding carboxylic acids is 1. The molecule has 0 aliphatic carbocycles. The highest BCUT2D eigenvalue weighted by atomic mass is 16.6. The van der Waals surface area contributed by atoms with Crippen LogP contribution in [0.1, 0.15) is 30.7 Å². The molecule has 1 amide bonds. The number of likely N-dealkylation sites (tertiary alicyclic amines) is 1. The highest BCUT2D eigenvalue weighted by Gasteiger charge is 2.24. The molecule has 8 heteroatoms. The Balaban J connectivity index is 1.27. The van der Waals surface area contributed by atoms with Gasteiger partial charge in [-0.2, -0.15) is 0 Å². The summed E-state index contributed by atoms with van der Waals surface area (Å²) in [6.07, 6.45) is 1.25. The molecule has 2 aromatic carbocycles. The van der Waals surface area contributed by atoms with E-state index in [9.17, 15) is 9.59 Å². The number of fused-ring (bicyclic) bond motifs is 1. The lowest BCUT2D eigenvalue weighted by Gasteiger charge is -2.31. The van der Waals surface area contributed by atoms with Crippen LogP contribution in [-0.4, -0.2) is 53.4 Å². The lowest BCUT2D eigenvalue weighted by molar-refractivity contribution is -0.138. The molecule has 0 bridgehead atoms. The lowest BCUT2D eigenvalue weighted by atomic mass is 9.98. The molecule has 4 rings (SSSR count). The van der Waals surface area contributed by atoms with Crippen LogP contribution in [0.2, 0.25) is 0 Å². The molecule has 0 radical (unpaired) electrons. The first-order valence-electron chi connectivity index (χ1n) is 11.2. The van der Waals surface area contributed by atoms with E-state index in [0.29, 0.717) is 43.0 Å². The monoisotopic (exact) mass is 452 g/mol. The third-order valence-corrected chi connectivity index (χ3v) is 5.91. The van der Waals surface area contributed by atoms with Gasteiger partial charge in [0, 0.05) is 25.3 Å².